The van der Waals surface area contributed by atoms with E-state index in [0.29, 0.717) is 11.8 Å². The van der Waals surface area contributed by atoms with Crippen LogP contribution in [0.5, 0.6) is 5.75 Å². The first kappa shape index (κ1) is 21.3. The molecule has 0 radical (unpaired) electrons. The number of halogens is 1. The summed E-state index contributed by atoms with van der Waals surface area (Å²) in [5.74, 6) is -0.182. The maximum Gasteiger partial charge on any atom is 0.619 e. The Kier molecular flexibility index (Phi) is 6.56. The second-order valence-electron chi connectivity index (χ2n) is 6.18. The summed E-state index contributed by atoms with van der Waals surface area (Å²) in [6, 6.07) is 3.82. The molecule has 0 saturated carbocycles. The molecule has 3 rings (SSSR count). The van der Waals surface area contributed by atoms with Crippen molar-refractivity contribution in [2.75, 3.05) is 13.7 Å². The van der Waals surface area contributed by atoms with Gasteiger partial charge >= 0.3 is 13.9 Å². The fourth-order valence-electron chi connectivity index (χ4n) is 2.62. The molecule has 2 atom stereocenters. The summed E-state index contributed by atoms with van der Waals surface area (Å²) in [6.07, 6.45) is 1.22. The van der Waals surface area contributed by atoms with Crippen molar-refractivity contribution >= 4 is 14.5 Å². The maximum absolute atomic E-state index is 13.2. The number of rotatable bonds is 8. The lowest BCUT2D eigenvalue weighted by Crippen LogP contribution is -2.33. The molecule has 10 nitrogen and oxygen atoms in total. The molecule has 0 amide bonds. The van der Waals surface area contributed by atoms with E-state index in [-0.39, 0.29) is 37.5 Å². The van der Waals surface area contributed by atoms with Crippen LogP contribution in [0.15, 0.2) is 34.0 Å². The molecule has 1 aromatic carbocycles. The van der Waals surface area contributed by atoms with Gasteiger partial charge in [-0.2, -0.15) is 4.89 Å². The molecule has 0 spiro atoms. The molecule has 0 bridgehead atoms. The fraction of sp³-hybridized carbons (Fsp3) is 0.353. The largest absolute Gasteiger partial charge is 0.619 e. The van der Waals surface area contributed by atoms with Crippen LogP contribution in [0.2, 0.25) is 0 Å². The minimum Gasteiger partial charge on any atom is -0.379 e. The smallest absolute Gasteiger partial charge is 0.379 e. The Morgan fingerprint density at radius 3 is 2.97 bits per heavy atom. The molecule has 2 unspecified atom stereocenters. The van der Waals surface area contributed by atoms with E-state index in [1.807, 2.05) is 0 Å². The average Bonchev–Trinajstić information content (AvgIpc) is 2.69. The highest BCUT2D eigenvalue weighted by Crippen LogP contribution is 2.61. The number of nitrogens with one attached hydrogen (secondary N) is 1. The van der Waals surface area contributed by atoms with Crippen molar-refractivity contribution in [1.82, 2.24) is 9.55 Å². The number of hydrogen-bond donors (Lipinski definition) is 2. The summed E-state index contributed by atoms with van der Waals surface area (Å²) in [4.78, 5) is 46.6. The van der Waals surface area contributed by atoms with E-state index in [1.165, 1.54) is 29.9 Å². The molecule has 1 aliphatic rings. The van der Waals surface area contributed by atoms with Crippen molar-refractivity contribution in [2.45, 2.75) is 25.7 Å². The van der Waals surface area contributed by atoms with Crippen LogP contribution in [0.3, 0.4) is 0 Å². The van der Waals surface area contributed by atoms with E-state index in [2.05, 4.69) is 4.98 Å². The highest BCUT2D eigenvalue weighted by Gasteiger charge is 2.50. The minimum atomic E-state index is -3.67. The molecule has 156 valence electrons. The topological polar surface area (TPSA) is 129 Å². The quantitative estimate of drug-likeness (QED) is 0.473. The number of aromatic amines is 1. The van der Waals surface area contributed by atoms with Crippen LogP contribution < -0.4 is 15.8 Å². The number of aryl methyl sites for hydroxylation is 1. The van der Waals surface area contributed by atoms with Crippen LogP contribution >= 0.6 is 8.17 Å². The Hall–Kier alpha value is -2.43. The number of fused-ring (bicyclic) bond motifs is 1. The Morgan fingerprint density at radius 2 is 2.24 bits per heavy atom. The van der Waals surface area contributed by atoms with Gasteiger partial charge in [-0.15, -0.1) is 9.05 Å². The van der Waals surface area contributed by atoms with Crippen molar-refractivity contribution in [1.29, 1.82) is 0 Å². The molecule has 29 heavy (non-hydrogen) atoms. The third kappa shape index (κ3) is 5.14. The Morgan fingerprint density at radius 1 is 1.45 bits per heavy atom. The van der Waals surface area contributed by atoms with Crippen LogP contribution in [0.4, 0.5) is 4.39 Å². The number of H-pyrrole nitrogens is 1. The van der Waals surface area contributed by atoms with E-state index in [1.54, 1.807) is 0 Å². The first-order valence-electron chi connectivity index (χ1n) is 8.54. The number of aldehydes is 1. The molecule has 2 aromatic rings. The lowest BCUT2D eigenvalue weighted by molar-refractivity contribution is 0.0200. The fourth-order valence-corrected chi connectivity index (χ4v) is 3.88. The predicted octanol–water partition coefficient (Wildman–Crippen LogP) is 1.19. The zero-order valence-corrected chi connectivity index (χ0v) is 16.3. The number of benzene rings is 1. The second-order valence-corrected chi connectivity index (χ2v) is 7.82. The lowest BCUT2D eigenvalue weighted by Gasteiger charge is -2.23. The van der Waals surface area contributed by atoms with Crippen LogP contribution in [-0.2, 0) is 26.9 Å². The highest BCUT2D eigenvalue weighted by atomic mass is 31.2. The lowest BCUT2D eigenvalue weighted by atomic mass is 10.2. The number of carbonyl (C=O) groups excluding carboxylic acids is 1. The highest BCUT2D eigenvalue weighted by molar-refractivity contribution is 7.55. The van der Waals surface area contributed by atoms with Gasteiger partial charge in [0.2, 0.25) is 0 Å². The number of ether oxygens (including phenoxy) is 1. The van der Waals surface area contributed by atoms with Crippen LogP contribution in [0.25, 0.3) is 0 Å². The molecule has 2 N–H and O–H groups in total. The molecule has 12 heteroatoms. The molecule has 0 fully saturated rings. The van der Waals surface area contributed by atoms with Gasteiger partial charge in [0.15, 0.2) is 12.0 Å². The van der Waals surface area contributed by atoms with Gasteiger partial charge in [-0.3, -0.25) is 23.7 Å². The van der Waals surface area contributed by atoms with Gasteiger partial charge in [0.1, 0.15) is 19.0 Å². The number of methoxy groups -OCH3 is 1. The van der Waals surface area contributed by atoms with Crippen molar-refractivity contribution < 1.29 is 32.4 Å². The number of nitrogens with zero attached hydrogens (tertiary/aromatic N) is 1. The second kappa shape index (κ2) is 8.93. The maximum atomic E-state index is 13.2. The van der Waals surface area contributed by atoms with Gasteiger partial charge < -0.3 is 4.74 Å². The molecular formula is C17H19FN2O8P+. The Balaban J connectivity index is 1.59. The minimum absolute atomic E-state index is 0.0732. The van der Waals surface area contributed by atoms with Crippen molar-refractivity contribution in [3.05, 3.63) is 62.2 Å². The molecular weight excluding hydrogens is 410 g/mol. The van der Waals surface area contributed by atoms with Crippen LogP contribution in [0, 0.1) is 5.82 Å². The van der Waals surface area contributed by atoms with Crippen LogP contribution in [0.1, 0.15) is 22.3 Å². The summed E-state index contributed by atoms with van der Waals surface area (Å²) in [6.45, 7) is -0.0643. The first-order chi connectivity index (χ1) is 13.8. The summed E-state index contributed by atoms with van der Waals surface area (Å²) in [7, 11) is -2.25. The Labute approximate surface area is 164 Å². The third-order valence-corrected chi connectivity index (χ3v) is 5.59. The SMILES string of the molecule is COC(CCn1cc(C=O)c(=O)[nH]c1=O)CO[P+]1(O)OCc2cc(F)ccc2O1. The normalized spacial score (nSPS) is 19.3. The summed E-state index contributed by atoms with van der Waals surface area (Å²) >= 11 is 0. The molecule has 0 saturated heterocycles. The van der Waals surface area contributed by atoms with Gasteiger partial charge in [-0.1, -0.05) is 0 Å². The summed E-state index contributed by atoms with van der Waals surface area (Å²) < 4.78 is 35.7. The first-order valence-corrected chi connectivity index (χ1v) is 10.0. The van der Waals surface area contributed by atoms with Gasteiger partial charge in [0.25, 0.3) is 5.56 Å². The third-order valence-electron chi connectivity index (χ3n) is 4.23. The van der Waals surface area contributed by atoms with Crippen molar-refractivity contribution in [3.63, 3.8) is 0 Å². The standard InChI is InChI=1S/C17H18FN2O8P/c1-25-14(4-5-20-7-12(8-21)16(22)19-17(20)23)10-27-29(24)26-9-11-6-13(18)2-3-15(11)28-29/h2-3,6-8,14,24H,4-5,9-10H2,1H3/p+1. The molecule has 2 heterocycles. The van der Waals surface area contributed by atoms with Gasteiger partial charge in [-0.05, 0) is 24.6 Å². The van der Waals surface area contributed by atoms with Crippen molar-refractivity contribution in [2.24, 2.45) is 0 Å². The van der Waals surface area contributed by atoms with Gasteiger partial charge in [0.05, 0.1) is 11.7 Å². The monoisotopic (exact) mass is 429 g/mol. The molecule has 0 aliphatic carbocycles. The summed E-state index contributed by atoms with van der Waals surface area (Å²) in [5.41, 5.74) is -1.14. The van der Waals surface area contributed by atoms with E-state index in [4.69, 9.17) is 18.3 Å². The predicted molar refractivity (Wildman–Crippen MR) is 99.0 cm³/mol. The van der Waals surface area contributed by atoms with Crippen LogP contribution in [-0.4, -0.2) is 40.6 Å². The van der Waals surface area contributed by atoms with E-state index >= 15 is 0 Å². The number of hydrogen-bond acceptors (Lipinski definition) is 8. The summed E-state index contributed by atoms with van der Waals surface area (Å²) in [5, 5.41) is 0. The molecule has 1 aromatic heterocycles. The average molecular weight is 429 g/mol. The van der Waals surface area contributed by atoms with E-state index in [0.717, 1.165) is 6.20 Å². The zero-order chi connectivity index (χ0) is 21.0. The zero-order valence-electron chi connectivity index (χ0n) is 15.4. The van der Waals surface area contributed by atoms with E-state index < -0.39 is 31.3 Å². The Bertz CT molecular complexity index is 1010. The molecule has 1 aliphatic heterocycles. The van der Waals surface area contributed by atoms with Crippen molar-refractivity contribution in [3.8, 4) is 5.75 Å². The van der Waals surface area contributed by atoms with E-state index in [9.17, 15) is 23.7 Å². The van der Waals surface area contributed by atoms with Gasteiger partial charge in [-0.25, -0.2) is 9.18 Å². The number of aromatic nitrogens is 2. The van der Waals surface area contributed by atoms with Gasteiger partial charge in [0, 0.05) is 25.4 Å². The number of carbonyl (C=O) groups is 1.